The van der Waals surface area contributed by atoms with E-state index in [-0.39, 0.29) is 23.7 Å². The molecule has 3 nitrogen and oxygen atoms in total. The van der Waals surface area contributed by atoms with Crippen LogP contribution in [0.1, 0.15) is 79.1 Å². The van der Waals surface area contributed by atoms with E-state index in [1.165, 1.54) is 25.7 Å². The van der Waals surface area contributed by atoms with E-state index in [1.54, 1.807) is 0 Å². The zero-order chi connectivity index (χ0) is 18.7. The predicted octanol–water partition coefficient (Wildman–Crippen LogP) is 4.40. The highest BCUT2D eigenvalue weighted by atomic mass is 16.5. The lowest BCUT2D eigenvalue weighted by molar-refractivity contribution is -0.202. The van der Waals surface area contributed by atoms with Crippen LogP contribution in [0, 0.1) is 40.4 Å². The van der Waals surface area contributed by atoms with E-state index >= 15 is 0 Å². The summed E-state index contributed by atoms with van der Waals surface area (Å²) >= 11 is 0. The van der Waals surface area contributed by atoms with Crippen molar-refractivity contribution < 1.29 is 14.9 Å². The van der Waals surface area contributed by atoms with Gasteiger partial charge >= 0.3 is 0 Å². The van der Waals surface area contributed by atoms with Gasteiger partial charge in [-0.1, -0.05) is 27.7 Å². The minimum atomic E-state index is -0.325. The number of hydrogen-bond acceptors (Lipinski definition) is 3. The van der Waals surface area contributed by atoms with E-state index in [9.17, 15) is 10.2 Å². The SMILES string of the molecule is CCCO[C@H]1C[C@@]2(C)[C@@H](CC[C@@H]3[C@@H]2[C@@H](O)C[C@]2(C)[C@@H](C)CC[C@@H]32)C[C@@H]1O. The number of aliphatic hydroxyl groups is 2. The van der Waals surface area contributed by atoms with Gasteiger partial charge in [-0.25, -0.2) is 0 Å². The van der Waals surface area contributed by atoms with Gasteiger partial charge in [0, 0.05) is 6.61 Å². The Kier molecular flexibility index (Phi) is 4.98. The molecular formula is C23H40O3. The zero-order valence-corrected chi connectivity index (χ0v) is 17.3. The van der Waals surface area contributed by atoms with Gasteiger partial charge in [0.05, 0.1) is 18.3 Å². The molecule has 2 N–H and O–H groups in total. The quantitative estimate of drug-likeness (QED) is 0.780. The second-order valence-electron chi connectivity index (χ2n) is 10.7. The Morgan fingerprint density at radius 3 is 2.46 bits per heavy atom. The molecule has 4 fully saturated rings. The summed E-state index contributed by atoms with van der Waals surface area (Å²) in [7, 11) is 0. The maximum absolute atomic E-state index is 11.4. The van der Waals surface area contributed by atoms with E-state index in [1.807, 2.05) is 0 Å². The van der Waals surface area contributed by atoms with Gasteiger partial charge in [-0.15, -0.1) is 0 Å². The predicted molar refractivity (Wildman–Crippen MR) is 104 cm³/mol. The van der Waals surface area contributed by atoms with Crippen LogP contribution in [0.3, 0.4) is 0 Å². The molecule has 0 heterocycles. The third kappa shape index (κ3) is 2.71. The fourth-order valence-electron chi connectivity index (χ4n) is 8.07. The van der Waals surface area contributed by atoms with Gasteiger partial charge < -0.3 is 14.9 Å². The molecule has 0 aromatic carbocycles. The Morgan fingerprint density at radius 1 is 0.962 bits per heavy atom. The number of rotatable bonds is 3. The summed E-state index contributed by atoms with van der Waals surface area (Å²) in [5.74, 6) is 3.12. The Hall–Kier alpha value is -0.120. The zero-order valence-electron chi connectivity index (χ0n) is 17.3. The van der Waals surface area contributed by atoms with Crippen LogP contribution >= 0.6 is 0 Å². The number of fused-ring (bicyclic) bond motifs is 5. The van der Waals surface area contributed by atoms with Gasteiger partial charge in [0.1, 0.15) is 0 Å². The fraction of sp³-hybridized carbons (Fsp3) is 1.00. The van der Waals surface area contributed by atoms with Gasteiger partial charge in [0.2, 0.25) is 0 Å². The molecular weight excluding hydrogens is 324 g/mol. The second-order valence-corrected chi connectivity index (χ2v) is 10.7. The van der Waals surface area contributed by atoms with E-state index < -0.39 is 0 Å². The summed E-state index contributed by atoms with van der Waals surface area (Å²) in [6, 6.07) is 0. The van der Waals surface area contributed by atoms with Crippen molar-refractivity contribution in [2.75, 3.05) is 6.61 Å². The van der Waals surface area contributed by atoms with Crippen LogP contribution in [-0.2, 0) is 4.74 Å². The minimum Gasteiger partial charge on any atom is -0.393 e. The molecule has 4 aliphatic rings. The number of aliphatic hydroxyl groups excluding tert-OH is 2. The van der Waals surface area contributed by atoms with E-state index in [2.05, 4.69) is 27.7 Å². The molecule has 3 heteroatoms. The normalized spacial score (nSPS) is 56.5. The smallest absolute Gasteiger partial charge is 0.0839 e. The number of ether oxygens (including phenoxy) is 1. The molecule has 0 unspecified atom stereocenters. The van der Waals surface area contributed by atoms with Gasteiger partial charge in [-0.05, 0) is 91.8 Å². The highest BCUT2D eigenvalue weighted by Crippen LogP contribution is 2.67. The highest BCUT2D eigenvalue weighted by Gasteiger charge is 2.63. The molecule has 26 heavy (non-hydrogen) atoms. The van der Waals surface area contributed by atoms with Crippen molar-refractivity contribution in [2.45, 2.75) is 97.4 Å². The maximum atomic E-state index is 11.4. The van der Waals surface area contributed by atoms with E-state index in [0.717, 1.165) is 44.1 Å². The molecule has 0 amide bonds. The van der Waals surface area contributed by atoms with Gasteiger partial charge in [0.15, 0.2) is 0 Å². The largest absolute Gasteiger partial charge is 0.393 e. The molecule has 4 saturated carbocycles. The van der Waals surface area contributed by atoms with E-state index in [0.29, 0.717) is 23.2 Å². The molecule has 0 saturated heterocycles. The molecule has 0 aromatic heterocycles. The van der Waals surface area contributed by atoms with Crippen molar-refractivity contribution in [3.63, 3.8) is 0 Å². The summed E-state index contributed by atoms with van der Waals surface area (Å²) in [5, 5.41) is 22.0. The molecule has 10 atom stereocenters. The average molecular weight is 365 g/mol. The third-order valence-corrected chi connectivity index (χ3v) is 9.60. The lowest BCUT2D eigenvalue weighted by Gasteiger charge is -2.63. The standard InChI is InChI=1S/C23H40O3/c1-5-10-26-20-13-23(4)15(11-18(20)24)7-8-16-17-9-6-14(2)22(17,3)12-19(25)21(16)23/h14-21,24-25H,5-13H2,1-4H3/t14-,15-,16-,17-,18-,19-,20-,21+,22+,23-/m0/s1. The average Bonchev–Trinajstić information content (AvgIpc) is 2.88. The molecule has 4 aliphatic carbocycles. The molecule has 0 radical (unpaired) electrons. The van der Waals surface area contributed by atoms with E-state index in [4.69, 9.17) is 4.74 Å². The first-order valence-corrected chi connectivity index (χ1v) is 11.3. The Balaban J connectivity index is 1.62. The van der Waals surface area contributed by atoms with Crippen LogP contribution in [0.15, 0.2) is 0 Å². The Bertz CT molecular complexity index is 522. The molecule has 0 spiro atoms. The lowest BCUT2D eigenvalue weighted by atomic mass is 9.43. The minimum absolute atomic E-state index is 0.0436. The second kappa shape index (κ2) is 6.74. The van der Waals surface area contributed by atoms with Crippen LogP contribution in [0.2, 0.25) is 0 Å². The molecule has 0 aromatic rings. The topological polar surface area (TPSA) is 49.7 Å². The van der Waals surface area contributed by atoms with Gasteiger partial charge in [0.25, 0.3) is 0 Å². The lowest BCUT2D eigenvalue weighted by Crippen LogP contribution is -2.61. The monoisotopic (exact) mass is 364 g/mol. The van der Waals surface area contributed by atoms with Crippen molar-refractivity contribution in [1.82, 2.24) is 0 Å². The first-order chi connectivity index (χ1) is 12.3. The van der Waals surface area contributed by atoms with Gasteiger partial charge in [-0.2, -0.15) is 0 Å². The van der Waals surface area contributed by atoms with Crippen molar-refractivity contribution in [3.8, 4) is 0 Å². The van der Waals surface area contributed by atoms with Crippen LogP contribution in [0.25, 0.3) is 0 Å². The third-order valence-electron chi connectivity index (χ3n) is 9.60. The number of hydrogen-bond donors (Lipinski definition) is 2. The summed E-state index contributed by atoms with van der Waals surface area (Å²) in [6.07, 6.45) is 8.37. The fourth-order valence-corrected chi connectivity index (χ4v) is 8.07. The summed E-state index contributed by atoms with van der Waals surface area (Å²) in [5.41, 5.74) is 0.448. The molecule has 150 valence electrons. The maximum Gasteiger partial charge on any atom is 0.0839 e. The van der Waals surface area contributed by atoms with Crippen LogP contribution < -0.4 is 0 Å². The summed E-state index contributed by atoms with van der Waals surface area (Å²) < 4.78 is 6.07. The van der Waals surface area contributed by atoms with Crippen molar-refractivity contribution in [3.05, 3.63) is 0 Å². The van der Waals surface area contributed by atoms with Crippen LogP contribution in [-0.4, -0.2) is 35.1 Å². The molecule has 0 aliphatic heterocycles. The summed E-state index contributed by atoms with van der Waals surface area (Å²) in [4.78, 5) is 0. The van der Waals surface area contributed by atoms with Crippen molar-refractivity contribution >= 4 is 0 Å². The van der Waals surface area contributed by atoms with Crippen molar-refractivity contribution in [1.29, 1.82) is 0 Å². The van der Waals surface area contributed by atoms with Crippen LogP contribution in [0.5, 0.6) is 0 Å². The van der Waals surface area contributed by atoms with Crippen LogP contribution in [0.4, 0.5) is 0 Å². The highest BCUT2D eigenvalue weighted by molar-refractivity contribution is 5.12. The molecule has 0 bridgehead atoms. The first-order valence-electron chi connectivity index (χ1n) is 11.3. The Labute approximate surface area is 159 Å². The molecule has 4 rings (SSSR count). The summed E-state index contributed by atoms with van der Waals surface area (Å²) in [6.45, 7) is 10.2. The Morgan fingerprint density at radius 2 is 1.73 bits per heavy atom. The van der Waals surface area contributed by atoms with Gasteiger partial charge in [-0.3, -0.25) is 0 Å². The van der Waals surface area contributed by atoms with Crippen molar-refractivity contribution in [2.24, 2.45) is 40.4 Å². The first kappa shape index (κ1) is 19.2.